The normalized spacial score (nSPS) is 14.6. The van der Waals surface area contributed by atoms with E-state index in [1.807, 2.05) is 0 Å². The highest BCUT2D eigenvalue weighted by atomic mass is 19.1. The van der Waals surface area contributed by atoms with Crippen molar-refractivity contribution in [2.24, 2.45) is 0 Å². The minimum atomic E-state index is -2.07. The van der Waals surface area contributed by atoms with E-state index in [9.17, 15) is 9.18 Å². The molecule has 0 aliphatic heterocycles. The molecule has 0 radical (unpaired) electrons. The number of hydrogen-bond donors (Lipinski definition) is 0. The molecule has 14 heavy (non-hydrogen) atoms. The van der Waals surface area contributed by atoms with E-state index in [0.29, 0.717) is 5.56 Å². The van der Waals surface area contributed by atoms with Gasteiger partial charge in [-0.1, -0.05) is 24.3 Å². The smallest absolute Gasteiger partial charge is 0.348 e. The van der Waals surface area contributed by atoms with Crippen LogP contribution < -0.4 is 0 Å². The van der Waals surface area contributed by atoms with Gasteiger partial charge in [-0.25, -0.2) is 9.18 Å². The van der Waals surface area contributed by atoms with Crippen LogP contribution in [-0.2, 0) is 15.2 Å². The van der Waals surface area contributed by atoms with Crippen molar-refractivity contribution >= 4 is 5.97 Å². The molecular weight excluding hydrogens is 183 g/mol. The van der Waals surface area contributed by atoms with Crippen molar-refractivity contribution in [3.05, 3.63) is 35.4 Å². The lowest BCUT2D eigenvalue weighted by Crippen LogP contribution is -2.29. The fraction of sp³-hybridized carbons (Fsp3) is 0.364. The zero-order chi connectivity index (χ0) is 10.8. The summed E-state index contributed by atoms with van der Waals surface area (Å²) in [5.74, 6) is -0.869. The largest absolute Gasteiger partial charge is 0.466 e. The molecule has 0 spiro atoms. The van der Waals surface area contributed by atoms with Gasteiger partial charge in [-0.05, 0) is 19.4 Å². The van der Waals surface area contributed by atoms with E-state index in [1.165, 1.54) is 14.0 Å². The fourth-order valence-corrected chi connectivity index (χ4v) is 1.40. The lowest BCUT2D eigenvalue weighted by molar-refractivity contribution is -0.154. The van der Waals surface area contributed by atoms with Gasteiger partial charge < -0.3 is 4.74 Å². The standard InChI is InChI=1S/C11H13FO2/c1-8-6-4-5-7-9(8)11(2,12)10(13)14-3/h4-7H,1-3H3. The minimum Gasteiger partial charge on any atom is -0.466 e. The molecule has 1 rings (SSSR count). The highest BCUT2D eigenvalue weighted by Crippen LogP contribution is 2.29. The summed E-state index contributed by atoms with van der Waals surface area (Å²) in [4.78, 5) is 11.2. The third-order valence-electron chi connectivity index (χ3n) is 2.22. The van der Waals surface area contributed by atoms with Gasteiger partial charge in [-0.2, -0.15) is 0 Å². The summed E-state index contributed by atoms with van der Waals surface area (Å²) in [5, 5.41) is 0. The predicted octanol–water partition coefficient (Wildman–Crippen LogP) is 2.35. The van der Waals surface area contributed by atoms with E-state index in [1.54, 1.807) is 31.2 Å². The number of hydrogen-bond acceptors (Lipinski definition) is 2. The molecule has 0 N–H and O–H groups in total. The van der Waals surface area contributed by atoms with Crippen molar-refractivity contribution in [2.45, 2.75) is 19.5 Å². The Labute approximate surface area is 82.7 Å². The molecule has 0 amide bonds. The summed E-state index contributed by atoms with van der Waals surface area (Å²) >= 11 is 0. The highest BCUT2D eigenvalue weighted by Gasteiger charge is 2.37. The van der Waals surface area contributed by atoms with E-state index < -0.39 is 11.6 Å². The number of benzene rings is 1. The van der Waals surface area contributed by atoms with Gasteiger partial charge in [-0.3, -0.25) is 0 Å². The number of aryl methyl sites for hydroxylation is 1. The van der Waals surface area contributed by atoms with Crippen LogP contribution >= 0.6 is 0 Å². The first-order valence-electron chi connectivity index (χ1n) is 4.33. The van der Waals surface area contributed by atoms with E-state index >= 15 is 0 Å². The number of carbonyl (C=O) groups is 1. The Morgan fingerprint density at radius 1 is 1.43 bits per heavy atom. The molecule has 76 valence electrons. The van der Waals surface area contributed by atoms with Crippen LogP contribution in [0.2, 0.25) is 0 Å². The summed E-state index contributed by atoms with van der Waals surface area (Å²) < 4.78 is 18.4. The molecule has 0 aromatic heterocycles. The zero-order valence-electron chi connectivity index (χ0n) is 8.50. The Kier molecular flexibility index (Phi) is 2.89. The Balaban J connectivity index is 3.16. The average molecular weight is 196 g/mol. The highest BCUT2D eigenvalue weighted by molar-refractivity contribution is 5.81. The maximum atomic E-state index is 14.0. The Morgan fingerprint density at radius 3 is 2.50 bits per heavy atom. The summed E-state index contributed by atoms with van der Waals surface area (Å²) in [6, 6.07) is 6.84. The molecule has 1 unspecified atom stereocenters. The van der Waals surface area contributed by atoms with Gasteiger partial charge in [0.15, 0.2) is 0 Å². The summed E-state index contributed by atoms with van der Waals surface area (Å²) in [5.41, 5.74) is -0.977. The molecule has 1 atom stereocenters. The third-order valence-corrected chi connectivity index (χ3v) is 2.22. The van der Waals surface area contributed by atoms with E-state index in [2.05, 4.69) is 4.74 Å². The van der Waals surface area contributed by atoms with Crippen molar-refractivity contribution in [1.82, 2.24) is 0 Å². The van der Waals surface area contributed by atoms with Crippen LogP contribution in [0, 0.1) is 6.92 Å². The first-order chi connectivity index (χ1) is 6.50. The number of methoxy groups -OCH3 is 1. The SMILES string of the molecule is COC(=O)C(C)(F)c1ccccc1C. The Morgan fingerprint density at radius 2 is 2.00 bits per heavy atom. The topological polar surface area (TPSA) is 26.3 Å². The van der Waals surface area contributed by atoms with Gasteiger partial charge >= 0.3 is 5.97 Å². The molecule has 0 aliphatic carbocycles. The van der Waals surface area contributed by atoms with Crippen molar-refractivity contribution in [2.75, 3.05) is 7.11 Å². The lowest BCUT2D eigenvalue weighted by Gasteiger charge is -2.19. The quantitative estimate of drug-likeness (QED) is 0.679. The van der Waals surface area contributed by atoms with Crippen LogP contribution in [0.25, 0.3) is 0 Å². The number of carbonyl (C=O) groups excluding carboxylic acids is 1. The predicted molar refractivity (Wildman–Crippen MR) is 51.7 cm³/mol. The average Bonchev–Trinajstić information content (AvgIpc) is 2.17. The number of ether oxygens (including phenoxy) is 1. The number of alkyl halides is 1. The number of halogens is 1. The number of rotatable bonds is 2. The Bertz CT molecular complexity index is 345. The number of esters is 1. The van der Waals surface area contributed by atoms with Crippen LogP contribution in [0.3, 0.4) is 0 Å². The second-order valence-corrected chi connectivity index (χ2v) is 3.31. The first kappa shape index (κ1) is 10.7. The van der Waals surface area contributed by atoms with Crippen molar-refractivity contribution in [3.63, 3.8) is 0 Å². The minimum absolute atomic E-state index is 0.354. The molecule has 0 saturated heterocycles. The molecule has 2 nitrogen and oxygen atoms in total. The molecule has 0 bridgehead atoms. The van der Waals surface area contributed by atoms with Gasteiger partial charge in [-0.15, -0.1) is 0 Å². The second kappa shape index (κ2) is 3.78. The van der Waals surface area contributed by atoms with Gasteiger partial charge in [0.2, 0.25) is 5.67 Å². The van der Waals surface area contributed by atoms with E-state index in [4.69, 9.17) is 0 Å². The fourth-order valence-electron chi connectivity index (χ4n) is 1.40. The maximum absolute atomic E-state index is 14.0. The second-order valence-electron chi connectivity index (χ2n) is 3.31. The van der Waals surface area contributed by atoms with Gasteiger partial charge in [0, 0.05) is 5.56 Å². The molecule has 3 heteroatoms. The molecule has 0 heterocycles. The van der Waals surface area contributed by atoms with Crippen molar-refractivity contribution < 1.29 is 13.9 Å². The molecule has 0 aliphatic rings. The molecule has 0 saturated carbocycles. The Hall–Kier alpha value is -1.38. The van der Waals surface area contributed by atoms with Gasteiger partial charge in [0.05, 0.1) is 7.11 Å². The summed E-state index contributed by atoms with van der Waals surface area (Å²) in [7, 11) is 1.18. The van der Waals surface area contributed by atoms with Crippen molar-refractivity contribution in [1.29, 1.82) is 0 Å². The maximum Gasteiger partial charge on any atom is 0.348 e. The van der Waals surface area contributed by atoms with Crippen LogP contribution in [0.15, 0.2) is 24.3 Å². The van der Waals surface area contributed by atoms with Crippen LogP contribution in [-0.4, -0.2) is 13.1 Å². The monoisotopic (exact) mass is 196 g/mol. The van der Waals surface area contributed by atoms with Crippen LogP contribution in [0.5, 0.6) is 0 Å². The summed E-state index contributed by atoms with van der Waals surface area (Å²) in [6.45, 7) is 2.97. The zero-order valence-corrected chi connectivity index (χ0v) is 8.50. The van der Waals surface area contributed by atoms with E-state index in [-0.39, 0.29) is 0 Å². The molecule has 1 aromatic carbocycles. The van der Waals surface area contributed by atoms with E-state index in [0.717, 1.165) is 5.56 Å². The van der Waals surface area contributed by atoms with Gasteiger partial charge in [0.1, 0.15) is 0 Å². The first-order valence-corrected chi connectivity index (χ1v) is 4.33. The van der Waals surface area contributed by atoms with Crippen LogP contribution in [0.4, 0.5) is 4.39 Å². The lowest BCUT2D eigenvalue weighted by atomic mass is 9.94. The summed E-state index contributed by atoms with van der Waals surface area (Å²) in [6.07, 6.45) is 0. The van der Waals surface area contributed by atoms with Gasteiger partial charge in [0.25, 0.3) is 0 Å². The van der Waals surface area contributed by atoms with Crippen LogP contribution in [0.1, 0.15) is 18.1 Å². The third kappa shape index (κ3) is 1.76. The molecular formula is C11H13FO2. The molecule has 0 fully saturated rings. The molecule has 1 aromatic rings. The van der Waals surface area contributed by atoms with Crippen molar-refractivity contribution in [3.8, 4) is 0 Å².